The average Bonchev–Trinajstić information content (AvgIpc) is 2.93. The smallest absolute Gasteiger partial charge is 0.303 e. The van der Waals surface area contributed by atoms with Gasteiger partial charge in [0.15, 0.2) is 0 Å². The maximum atomic E-state index is 10.3. The summed E-state index contributed by atoms with van der Waals surface area (Å²) >= 11 is 0. The van der Waals surface area contributed by atoms with E-state index in [-0.39, 0.29) is 0 Å². The number of carboxylic acid groups (broad SMARTS) is 1. The van der Waals surface area contributed by atoms with Crippen LogP contribution in [0.25, 0.3) is 0 Å². The highest BCUT2D eigenvalue weighted by Gasteiger charge is 2.29. The summed E-state index contributed by atoms with van der Waals surface area (Å²) in [5.74, 6) is 0.224. The zero-order valence-electron chi connectivity index (χ0n) is 9.20. The van der Waals surface area contributed by atoms with E-state index in [9.17, 15) is 4.79 Å². The normalized spacial score (nSPS) is 18.5. The molecule has 0 heterocycles. The Labute approximate surface area is 86.1 Å². The Morgan fingerprint density at radius 3 is 2.64 bits per heavy atom. The molecule has 0 aromatic rings. The molecule has 1 N–H and O–H groups in total. The first kappa shape index (κ1) is 11.5. The summed E-state index contributed by atoms with van der Waals surface area (Å²) in [6.07, 6.45) is 4.86. The van der Waals surface area contributed by atoms with Crippen molar-refractivity contribution < 1.29 is 9.90 Å². The Morgan fingerprint density at radius 2 is 2.14 bits per heavy atom. The lowest BCUT2D eigenvalue weighted by Crippen LogP contribution is -2.31. The van der Waals surface area contributed by atoms with Gasteiger partial charge in [-0.25, -0.2) is 0 Å². The summed E-state index contributed by atoms with van der Waals surface area (Å²) in [6.45, 7) is 3.31. The molecule has 0 bridgehead atoms. The molecule has 1 unspecified atom stereocenters. The number of unbranched alkanes of at least 4 members (excludes halogenated alkanes) is 1. The summed E-state index contributed by atoms with van der Waals surface area (Å²) in [5, 5.41) is 8.47. The van der Waals surface area contributed by atoms with Crippen molar-refractivity contribution >= 4 is 5.97 Å². The molecule has 0 aromatic heterocycles. The molecule has 0 saturated heterocycles. The lowest BCUT2D eigenvalue weighted by atomic mass is 10.1. The van der Waals surface area contributed by atoms with Crippen LogP contribution >= 0.6 is 0 Å². The summed E-state index contributed by atoms with van der Waals surface area (Å²) < 4.78 is 0. The predicted molar refractivity (Wildman–Crippen MR) is 56.3 cm³/mol. The van der Waals surface area contributed by atoms with Crippen molar-refractivity contribution in [3.8, 4) is 0 Å². The third-order valence-corrected chi connectivity index (χ3v) is 3.15. The van der Waals surface area contributed by atoms with Crippen molar-refractivity contribution in [2.75, 3.05) is 13.6 Å². The average molecular weight is 199 g/mol. The van der Waals surface area contributed by atoms with Crippen LogP contribution in [0.15, 0.2) is 0 Å². The minimum absolute atomic E-state index is 0.311. The summed E-state index contributed by atoms with van der Waals surface area (Å²) in [5.41, 5.74) is 0. The second kappa shape index (κ2) is 5.35. The minimum Gasteiger partial charge on any atom is -0.481 e. The van der Waals surface area contributed by atoms with E-state index in [2.05, 4.69) is 18.9 Å². The van der Waals surface area contributed by atoms with Gasteiger partial charge in [-0.1, -0.05) is 0 Å². The number of rotatable bonds is 7. The van der Waals surface area contributed by atoms with E-state index in [0.717, 1.165) is 25.3 Å². The third-order valence-electron chi connectivity index (χ3n) is 3.15. The van der Waals surface area contributed by atoms with Crippen molar-refractivity contribution in [1.82, 2.24) is 4.90 Å². The molecule has 1 aliphatic rings. The molecule has 1 aliphatic carbocycles. The number of aliphatic carboxylic acids is 1. The highest BCUT2D eigenvalue weighted by Crippen LogP contribution is 2.34. The lowest BCUT2D eigenvalue weighted by molar-refractivity contribution is -0.137. The number of hydrogen-bond acceptors (Lipinski definition) is 2. The molecule has 14 heavy (non-hydrogen) atoms. The molecule has 0 aromatic carbocycles. The van der Waals surface area contributed by atoms with E-state index in [1.807, 2.05) is 0 Å². The summed E-state index contributed by atoms with van der Waals surface area (Å²) in [7, 11) is 2.14. The fraction of sp³-hybridized carbons (Fsp3) is 0.909. The fourth-order valence-corrected chi connectivity index (χ4v) is 1.78. The van der Waals surface area contributed by atoms with Crippen LogP contribution in [0, 0.1) is 5.92 Å². The van der Waals surface area contributed by atoms with Crippen molar-refractivity contribution in [3.63, 3.8) is 0 Å². The molecule has 1 rings (SSSR count). The number of nitrogens with zero attached hydrogens (tertiary/aromatic N) is 1. The Morgan fingerprint density at radius 1 is 1.50 bits per heavy atom. The van der Waals surface area contributed by atoms with Crippen LogP contribution in [0.5, 0.6) is 0 Å². The van der Waals surface area contributed by atoms with Gasteiger partial charge in [0, 0.05) is 12.5 Å². The summed E-state index contributed by atoms with van der Waals surface area (Å²) in [6, 6.07) is 0.680. The minimum atomic E-state index is -0.678. The molecule has 0 aliphatic heterocycles. The van der Waals surface area contributed by atoms with Crippen molar-refractivity contribution in [2.45, 2.75) is 45.1 Å². The molecule has 0 spiro atoms. The fourth-order valence-electron chi connectivity index (χ4n) is 1.78. The van der Waals surface area contributed by atoms with Gasteiger partial charge >= 0.3 is 5.97 Å². The van der Waals surface area contributed by atoms with E-state index in [0.29, 0.717) is 12.5 Å². The van der Waals surface area contributed by atoms with Crippen molar-refractivity contribution in [3.05, 3.63) is 0 Å². The predicted octanol–water partition coefficient (Wildman–Crippen LogP) is 1.97. The number of carboxylic acids is 1. The van der Waals surface area contributed by atoms with Crippen LogP contribution in [0.3, 0.4) is 0 Å². The van der Waals surface area contributed by atoms with E-state index in [4.69, 9.17) is 5.11 Å². The van der Waals surface area contributed by atoms with E-state index < -0.39 is 5.97 Å². The Kier molecular flexibility index (Phi) is 4.39. The maximum Gasteiger partial charge on any atom is 0.303 e. The van der Waals surface area contributed by atoms with Gasteiger partial charge in [-0.3, -0.25) is 4.79 Å². The SMILES string of the molecule is CC(C1CC1)N(C)CCCCC(=O)O. The maximum absolute atomic E-state index is 10.3. The highest BCUT2D eigenvalue weighted by atomic mass is 16.4. The first-order valence-electron chi connectivity index (χ1n) is 5.53. The second-order valence-corrected chi connectivity index (χ2v) is 4.41. The zero-order valence-corrected chi connectivity index (χ0v) is 9.20. The van der Waals surface area contributed by atoms with Crippen molar-refractivity contribution in [1.29, 1.82) is 0 Å². The molecular weight excluding hydrogens is 178 g/mol. The van der Waals surface area contributed by atoms with Crippen LogP contribution in [0.2, 0.25) is 0 Å². The van der Waals surface area contributed by atoms with Gasteiger partial charge in [0.05, 0.1) is 0 Å². The van der Waals surface area contributed by atoms with Crippen LogP contribution in [0.4, 0.5) is 0 Å². The first-order valence-corrected chi connectivity index (χ1v) is 5.53. The van der Waals surface area contributed by atoms with Crippen LogP contribution in [-0.2, 0) is 4.79 Å². The quantitative estimate of drug-likeness (QED) is 0.637. The highest BCUT2D eigenvalue weighted by molar-refractivity contribution is 5.66. The third kappa shape index (κ3) is 4.09. The van der Waals surface area contributed by atoms with Crippen LogP contribution in [0.1, 0.15) is 39.0 Å². The van der Waals surface area contributed by atoms with Gasteiger partial charge in [-0.2, -0.15) is 0 Å². The van der Waals surface area contributed by atoms with E-state index >= 15 is 0 Å². The van der Waals surface area contributed by atoms with E-state index in [1.165, 1.54) is 12.8 Å². The van der Waals surface area contributed by atoms with Gasteiger partial charge in [-0.05, 0) is 52.1 Å². The summed E-state index contributed by atoms with van der Waals surface area (Å²) in [4.78, 5) is 12.6. The molecule has 3 heteroatoms. The number of carbonyl (C=O) groups is 1. The van der Waals surface area contributed by atoms with Crippen molar-refractivity contribution in [2.24, 2.45) is 5.92 Å². The molecule has 0 radical (unpaired) electrons. The lowest BCUT2D eigenvalue weighted by Gasteiger charge is -2.24. The molecule has 1 saturated carbocycles. The van der Waals surface area contributed by atoms with Gasteiger partial charge < -0.3 is 10.0 Å². The van der Waals surface area contributed by atoms with Gasteiger partial charge in [0.1, 0.15) is 0 Å². The molecule has 1 fully saturated rings. The Hall–Kier alpha value is -0.570. The zero-order chi connectivity index (χ0) is 10.6. The van der Waals surface area contributed by atoms with Gasteiger partial charge in [0.2, 0.25) is 0 Å². The topological polar surface area (TPSA) is 40.5 Å². The molecule has 82 valence electrons. The molecule has 3 nitrogen and oxygen atoms in total. The standard InChI is InChI=1S/C11H21NO2/c1-9(10-6-7-10)12(2)8-4-3-5-11(13)14/h9-10H,3-8H2,1-2H3,(H,13,14). The largest absolute Gasteiger partial charge is 0.481 e. The second-order valence-electron chi connectivity index (χ2n) is 4.41. The molecular formula is C11H21NO2. The van der Waals surface area contributed by atoms with Gasteiger partial charge in [0.25, 0.3) is 0 Å². The first-order chi connectivity index (χ1) is 6.61. The van der Waals surface area contributed by atoms with Gasteiger partial charge in [-0.15, -0.1) is 0 Å². The molecule has 0 amide bonds. The van der Waals surface area contributed by atoms with E-state index in [1.54, 1.807) is 0 Å². The molecule has 1 atom stereocenters. The number of hydrogen-bond donors (Lipinski definition) is 1. The Balaban J connectivity index is 2.02. The monoisotopic (exact) mass is 199 g/mol. The van der Waals surface area contributed by atoms with Crippen LogP contribution < -0.4 is 0 Å². The Bertz CT molecular complexity index is 190. The van der Waals surface area contributed by atoms with Crippen LogP contribution in [-0.4, -0.2) is 35.6 Å².